The van der Waals surface area contributed by atoms with Gasteiger partial charge in [0.2, 0.25) is 5.91 Å². The molecule has 0 aliphatic heterocycles. The van der Waals surface area contributed by atoms with E-state index in [1.165, 1.54) is 12.8 Å². The Bertz CT molecular complexity index is 370. The Hall–Kier alpha value is -1.26. The fourth-order valence-electron chi connectivity index (χ4n) is 1.81. The Morgan fingerprint density at radius 2 is 1.67 bits per heavy atom. The zero-order valence-corrected chi connectivity index (χ0v) is 14.2. The van der Waals surface area contributed by atoms with E-state index in [-0.39, 0.29) is 29.3 Å². The van der Waals surface area contributed by atoms with Gasteiger partial charge in [0.1, 0.15) is 6.04 Å². The quantitative estimate of drug-likeness (QED) is 0.704. The van der Waals surface area contributed by atoms with Gasteiger partial charge in [-0.25, -0.2) is 4.79 Å². The fraction of sp³-hybridized carbons (Fsp3) is 0.875. The van der Waals surface area contributed by atoms with Gasteiger partial charge in [-0.2, -0.15) is 0 Å². The highest BCUT2D eigenvalue weighted by Crippen LogP contribution is 2.27. The van der Waals surface area contributed by atoms with Crippen LogP contribution >= 0.6 is 0 Å². The van der Waals surface area contributed by atoms with Crippen LogP contribution in [0.4, 0.5) is 4.79 Å². The summed E-state index contributed by atoms with van der Waals surface area (Å²) in [5.41, 5.74) is -0.0150. The van der Waals surface area contributed by atoms with E-state index in [1.54, 1.807) is 0 Å². The van der Waals surface area contributed by atoms with Crippen molar-refractivity contribution in [3.63, 3.8) is 0 Å². The van der Waals surface area contributed by atoms with E-state index in [0.29, 0.717) is 5.92 Å². The number of carbonyl (C=O) groups is 2. The maximum atomic E-state index is 12.2. The van der Waals surface area contributed by atoms with E-state index >= 15 is 0 Å². The highest BCUT2D eigenvalue weighted by molar-refractivity contribution is 5.87. The largest absolute Gasteiger partial charge is 0.354 e. The first kappa shape index (κ1) is 17.8. The molecule has 1 saturated carbocycles. The van der Waals surface area contributed by atoms with Gasteiger partial charge in [0, 0.05) is 12.6 Å². The van der Waals surface area contributed by atoms with Crippen molar-refractivity contribution in [1.82, 2.24) is 16.0 Å². The molecule has 21 heavy (non-hydrogen) atoms. The average Bonchev–Trinajstić information content (AvgIpc) is 3.15. The van der Waals surface area contributed by atoms with Crippen LogP contribution < -0.4 is 16.0 Å². The molecule has 0 spiro atoms. The topological polar surface area (TPSA) is 70.2 Å². The van der Waals surface area contributed by atoms with E-state index in [2.05, 4.69) is 36.7 Å². The van der Waals surface area contributed by atoms with Crippen LogP contribution in [0.25, 0.3) is 0 Å². The van der Waals surface area contributed by atoms with Crippen molar-refractivity contribution in [1.29, 1.82) is 0 Å². The molecule has 0 bridgehead atoms. The molecule has 0 aromatic carbocycles. The van der Waals surface area contributed by atoms with Gasteiger partial charge < -0.3 is 16.0 Å². The summed E-state index contributed by atoms with van der Waals surface area (Å²) in [6.07, 6.45) is 2.40. The van der Waals surface area contributed by atoms with Crippen LogP contribution in [0.1, 0.15) is 54.4 Å². The van der Waals surface area contributed by atoms with E-state index in [9.17, 15) is 9.59 Å². The van der Waals surface area contributed by atoms with Gasteiger partial charge in [-0.3, -0.25) is 4.79 Å². The predicted octanol–water partition coefficient (Wildman–Crippen LogP) is 2.27. The fourth-order valence-corrected chi connectivity index (χ4v) is 1.81. The number of nitrogens with one attached hydrogen (secondary N) is 3. The number of amides is 3. The monoisotopic (exact) mass is 297 g/mol. The van der Waals surface area contributed by atoms with Crippen molar-refractivity contribution in [3.8, 4) is 0 Å². The van der Waals surface area contributed by atoms with Crippen LogP contribution in [0.5, 0.6) is 0 Å². The van der Waals surface area contributed by atoms with Gasteiger partial charge in [0.15, 0.2) is 0 Å². The molecule has 3 N–H and O–H groups in total. The smallest absolute Gasteiger partial charge is 0.315 e. The Kier molecular flexibility index (Phi) is 6.05. The van der Waals surface area contributed by atoms with Crippen molar-refractivity contribution in [2.45, 2.75) is 66.5 Å². The highest BCUT2D eigenvalue weighted by atomic mass is 16.2. The first-order chi connectivity index (χ1) is 9.61. The summed E-state index contributed by atoms with van der Waals surface area (Å²) in [5.74, 6) is 0.604. The lowest BCUT2D eigenvalue weighted by Gasteiger charge is -2.29. The first-order valence-electron chi connectivity index (χ1n) is 7.96. The molecule has 0 saturated heterocycles. The third-order valence-corrected chi connectivity index (χ3v) is 4.14. The lowest BCUT2D eigenvalue weighted by molar-refractivity contribution is -0.123. The van der Waals surface area contributed by atoms with Crippen LogP contribution in [0.2, 0.25) is 0 Å². The van der Waals surface area contributed by atoms with Crippen LogP contribution in [0.15, 0.2) is 0 Å². The summed E-state index contributed by atoms with van der Waals surface area (Å²) < 4.78 is 0. The molecule has 1 aliphatic carbocycles. The molecule has 1 aliphatic rings. The van der Waals surface area contributed by atoms with E-state index in [4.69, 9.17) is 0 Å². The summed E-state index contributed by atoms with van der Waals surface area (Å²) in [6, 6.07) is -0.742. The van der Waals surface area contributed by atoms with Crippen molar-refractivity contribution in [3.05, 3.63) is 0 Å². The normalized spacial score (nSPS) is 18.0. The first-order valence-corrected chi connectivity index (χ1v) is 7.96. The molecule has 0 unspecified atom stereocenters. The molecule has 1 rings (SSSR count). The zero-order valence-electron chi connectivity index (χ0n) is 14.2. The maximum Gasteiger partial charge on any atom is 0.315 e. The molecule has 5 nitrogen and oxygen atoms in total. The third-order valence-electron chi connectivity index (χ3n) is 4.14. The molecule has 1 fully saturated rings. The minimum atomic E-state index is -0.490. The summed E-state index contributed by atoms with van der Waals surface area (Å²) in [6.45, 7) is 12.8. The van der Waals surface area contributed by atoms with Crippen molar-refractivity contribution in [2.75, 3.05) is 6.54 Å². The Balaban J connectivity index is 2.48. The number of carbonyl (C=O) groups excluding carboxylic acids is 2. The van der Waals surface area contributed by atoms with Gasteiger partial charge >= 0.3 is 6.03 Å². The standard InChI is InChI=1S/C16H31N3O2/c1-10(2)13(14(20)17-9-12-7-8-12)19-15(21)18-11(3)16(4,5)6/h10-13H,7-9H2,1-6H3,(H,17,20)(H2,18,19,21)/t11-,13+/m1/s1. The molecule has 0 aromatic heterocycles. The summed E-state index contributed by atoms with van der Waals surface area (Å²) in [7, 11) is 0. The van der Waals surface area contributed by atoms with Gasteiger partial charge in [-0.15, -0.1) is 0 Å². The molecule has 0 radical (unpaired) electrons. The van der Waals surface area contributed by atoms with Crippen LogP contribution in [0.3, 0.4) is 0 Å². The lowest BCUT2D eigenvalue weighted by atomic mass is 9.88. The minimum absolute atomic E-state index is 0.0150. The van der Waals surface area contributed by atoms with Gasteiger partial charge in [-0.05, 0) is 37.0 Å². The van der Waals surface area contributed by atoms with Crippen molar-refractivity contribution < 1.29 is 9.59 Å². The van der Waals surface area contributed by atoms with E-state index < -0.39 is 6.04 Å². The Labute approximate surface area is 128 Å². The second-order valence-electron chi connectivity index (χ2n) is 7.62. The molecule has 0 aromatic rings. The van der Waals surface area contributed by atoms with Crippen LogP contribution in [-0.4, -0.2) is 30.6 Å². The number of urea groups is 1. The summed E-state index contributed by atoms with van der Waals surface area (Å²) in [4.78, 5) is 24.2. The van der Waals surface area contributed by atoms with E-state index in [0.717, 1.165) is 6.54 Å². The van der Waals surface area contributed by atoms with Crippen LogP contribution in [0, 0.1) is 17.3 Å². The SMILES string of the molecule is CC(C)[C@H](NC(=O)N[C@H](C)C(C)(C)C)C(=O)NCC1CC1. The second-order valence-corrected chi connectivity index (χ2v) is 7.62. The van der Waals surface area contributed by atoms with E-state index in [1.807, 2.05) is 20.8 Å². The second kappa shape index (κ2) is 7.14. The summed E-state index contributed by atoms with van der Waals surface area (Å²) >= 11 is 0. The van der Waals surface area contributed by atoms with Gasteiger partial charge in [0.25, 0.3) is 0 Å². The van der Waals surface area contributed by atoms with Crippen molar-refractivity contribution in [2.24, 2.45) is 17.3 Å². The predicted molar refractivity (Wildman–Crippen MR) is 84.9 cm³/mol. The molecule has 122 valence electrons. The minimum Gasteiger partial charge on any atom is -0.354 e. The highest BCUT2D eigenvalue weighted by Gasteiger charge is 2.28. The molecular weight excluding hydrogens is 266 g/mol. The molecule has 3 amide bonds. The van der Waals surface area contributed by atoms with Crippen molar-refractivity contribution >= 4 is 11.9 Å². The zero-order chi connectivity index (χ0) is 16.2. The Morgan fingerprint density at radius 1 is 1.10 bits per heavy atom. The molecule has 0 heterocycles. The number of rotatable bonds is 6. The summed E-state index contributed by atoms with van der Waals surface area (Å²) in [5, 5.41) is 8.64. The Morgan fingerprint density at radius 3 is 2.10 bits per heavy atom. The number of hydrogen-bond donors (Lipinski definition) is 3. The molecular formula is C16H31N3O2. The molecule has 5 heteroatoms. The molecule has 2 atom stereocenters. The van der Waals surface area contributed by atoms with Crippen LogP contribution in [-0.2, 0) is 4.79 Å². The number of hydrogen-bond acceptors (Lipinski definition) is 2. The third kappa shape index (κ3) is 6.36. The average molecular weight is 297 g/mol. The lowest BCUT2D eigenvalue weighted by Crippen LogP contribution is -2.55. The van der Waals surface area contributed by atoms with Gasteiger partial charge in [-0.1, -0.05) is 34.6 Å². The maximum absolute atomic E-state index is 12.2. The van der Waals surface area contributed by atoms with Gasteiger partial charge in [0.05, 0.1) is 0 Å².